The van der Waals surface area contributed by atoms with E-state index in [2.05, 4.69) is 48.1 Å². The lowest BCUT2D eigenvalue weighted by Crippen LogP contribution is -2.41. The van der Waals surface area contributed by atoms with Gasteiger partial charge in [0.1, 0.15) is 11.6 Å². The molecule has 2 N–H and O–H groups in total. The van der Waals surface area contributed by atoms with Gasteiger partial charge in [-0.2, -0.15) is 4.31 Å². The summed E-state index contributed by atoms with van der Waals surface area (Å²) in [5.41, 5.74) is 2.52. The minimum Gasteiger partial charge on any atom is -0.348 e. The second-order valence-corrected chi connectivity index (χ2v) is 14.2. The fourth-order valence-corrected chi connectivity index (χ4v) is 8.50. The molecule has 3 aromatic heterocycles. The van der Waals surface area contributed by atoms with Gasteiger partial charge in [-0.1, -0.05) is 12.1 Å². The standard InChI is InChI=1S/C29H37N7O2S2/c1-23-6-17-39-26(23)19-34-14-7-29(8-15-34)9-16-36(22-29)40(37,38)25-4-2-24(3-5-25)18-35(20-27-30-10-11-31-27)21-28-32-12-13-33-28/h2-6,10-13,17H,7-9,14-16,18-22H2,1H3,(H,30,31)(H,32,33). The van der Waals surface area contributed by atoms with Gasteiger partial charge in [0.15, 0.2) is 0 Å². The van der Waals surface area contributed by atoms with E-state index in [9.17, 15) is 8.42 Å². The van der Waals surface area contributed by atoms with Gasteiger partial charge in [0, 0.05) is 55.8 Å². The summed E-state index contributed by atoms with van der Waals surface area (Å²) in [5, 5.41) is 2.17. The van der Waals surface area contributed by atoms with E-state index in [1.54, 1.807) is 28.8 Å². The van der Waals surface area contributed by atoms with E-state index < -0.39 is 10.0 Å². The molecule has 2 fully saturated rings. The molecule has 0 amide bonds. The topological polar surface area (TPSA) is 101 Å². The number of sulfonamides is 1. The number of rotatable bonds is 10. The van der Waals surface area contributed by atoms with Gasteiger partial charge >= 0.3 is 0 Å². The summed E-state index contributed by atoms with van der Waals surface area (Å²) in [4.78, 5) is 21.6. The zero-order valence-electron chi connectivity index (χ0n) is 22.9. The average molecular weight is 580 g/mol. The van der Waals surface area contributed by atoms with Crippen molar-refractivity contribution < 1.29 is 8.42 Å². The zero-order valence-corrected chi connectivity index (χ0v) is 24.6. The third-order valence-corrected chi connectivity index (χ3v) is 11.3. The predicted octanol–water partition coefficient (Wildman–Crippen LogP) is 4.38. The highest BCUT2D eigenvalue weighted by atomic mass is 32.2. The van der Waals surface area contributed by atoms with Crippen LogP contribution in [0.2, 0.25) is 0 Å². The van der Waals surface area contributed by atoms with Crippen LogP contribution in [-0.2, 0) is 36.2 Å². The van der Waals surface area contributed by atoms with Crippen LogP contribution in [0, 0.1) is 12.3 Å². The summed E-state index contributed by atoms with van der Waals surface area (Å²) in [5.74, 6) is 1.75. The van der Waals surface area contributed by atoms with Crippen LogP contribution in [-0.4, -0.2) is 68.6 Å². The van der Waals surface area contributed by atoms with Gasteiger partial charge in [0.2, 0.25) is 10.0 Å². The maximum Gasteiger partial charge on any atom is 0.243 e. The Hall–Kier alpha value is -2.83. The quantitative estimate of drug-likeness (QED) is 0.289. The Labute approximate surface area is 240 Å². The van der Waals surface area contributed by atoms with Crippen LogP contribution in [0.1, 0.15) is 46.9 Å². The molecule has 0 bridgehead atoms. The number of piperidine rings is 1. The molecular weight excluding hydrogens is 543 g/mol. The van der Waals surface area contributed by atoms with Gasteiger partial charge < -0.3 is 9.97 Å². The molecule has 2 aliphatic rings. The van der Waals surface area contributed by atoms with Crippen molar-refractivity contribution in [1.29, 1.82) is 0 Å². The van der Waals surface area contributed by atoms with E-state index in [-0.39, 0.29) is 5.41 Å². The summed E-state index contributed by atoms with van der Waals surface area (Å²) in [7, 11) is -3.52. The maximum atomic E-state index is 13.6. The van der Waals surface area contributed by atoms with Gasteiger partial charge in [0.05, 0.1) is 18.0 Å². The second-order valence-electron chi connectivity index (χ2n) is 11.3. The first kappa shape index (κ1) is 27.3. The van der Waals surface area contributed by atoms with Gasteiger partial charge in [0.25, 0.3) is 0 Å². The van der Waals surface area contributed by atoms with Crippen molar-refractivity contribution in [3.63, 3.8) is 0 Å². The lowest BCUT2D eigenvalue weighted by atomic mass is 9.78. The van der Waals surface area contributed by atoms with Gasteiger partial charge in [-0.3, -0.25) is 9.80 Å². The summed E-state index contributed by atoms with van der Waals surface area (Å²) in [6, 6.07) is 9.58. The largest absolute Gasteiger partial charge is 0.348 e. The minimum atomic E-state index is -3.52. The Morgan fingerprint density at radius 1 is 0.925 bits per heavy atom. The van der Waals surface area contributed by atoms with E-state index in [0.29, 0.717) is 37.6 Å². The number of aryl methyl sites for hydroxylation is 1. The maximum absolute atomic E-state index is 13.6. The number of imidazole rings is 2. The Morgan fingerprint density at radius 2 is 1.57 bits per heavy atom. The van der Waals surface area contributed by atoms with Crippen molar-refractivity contribution in [3.05, 3.63) is 88.2 Å². The monoisotopic (exact) mass is 579 g/mol. The number of thiophene rings is 1. The number of hydrogen-bond donors (Lipinski definition) is 2. The number of H-pyrrole nitrogens is 2. The van der Waals surface area contributed by atoms with Gasteiger partial charge in [-0.05, 0) is 79.4 Å². The van der Waals surface area contributed by atoms with Crippen LogP contribution >= 0.6 is 11.3 Å². The molecule has 4 aromatic rings. The van der Waals surface area contributed by atoms with Crippen LogP contribution < -0.4 is 0 Å². The lowest BCUT2D eigenvalue weighted by Gasteiger charge is -2.39. The number of nitrogens with zero attached hydrogens (tertiary/aromatic N) is 5. The summed E-state index contributed by atoms with van der Waals surface area (Å²) < 4.78 is 28.9. The molecule has 0 atom stereocenters. The molecule has 0 aliphatic carbocycles. The molecule has 2 aliphatic heterocycles. The fraction of sp³-hybridized carbons (Fsp3) is 0.448. The van der Waals surface area contributed by atoms with Crippen molar-refractivity contribution in [2.24, 2.45) is 5.41 Å². The molecule has 2 saturated heterocycles. The third kappa shape index (κ3) is 6.08. The Balaban J connectivity index is 1.07. The minimum absolute atomic E-state index is 0.103. The summed E-state index contributed by atoms with van der Waals surface area (Å²) >= 11 is 1.83. The number of aromatic amines is 2. The number of likely N-dealkylation sites (tertiary alicyclic amines) is 1. The molecule has 6 rings (SSSR count). The molecule has 1 aromatic carbocycles. The molecule has 0 unspecified atom stereocenters. The number of benzene rings is 1. The average Bonchev–Trinajstić information content (AvgIpc) is 3.77. The first-order valence-corrected chi connectivity index (χ1v) is 16.2. The molecule has 0 radical (unpaired) electrons. The van der Waals surface area contributed by atoms with E-state index in [4.69, 9.17) is 0 Å². The van der Waals surface area contributed by atoms with Crippen molar-refractivity contribution in [2.75, 3.05) is 26.2 Å². The van der Waals surface area contributed by atoms with Crippen molar-refractivity contribution >= 4 is 21.4 Å². The van der Waals surface area contributed by atoms with E-state index >= 15 is 0 Å². The van der Waals surface area contributed by atoms with E-state index in [1.807, 2.05) is 35.9 Å². The Kier molecular flexibility index (Phi) is 7.91. The molecule has 5 heterocycles. The number of nitrogens with one attached hydrogen (secondary N) is 2. The molecular formula is C29H37N7O2S2. The highest BCUT2D eigenvalue weighted by Gasteiger charge is 2.44. The van der Waals surface area contributed by atoms with Crippen LogP contribution in [0.15, 0.2) is 65.4 Å². The smallest absolute Gasteiger partial charge is 0.243 e. The summed E-state index contributed by atoms with van der Waals surface area (Å²) in [6.45, 7) is 8.41. The van der Waals surface area contributed by atoms with Crippen molar-refractivity contribution in [2.45, 2.75) is 57.3 Å². The molecule has 40 heavy (non-hydrogen) atoms. The van der Waals surface area contributed by atoms with Gasteiger partial charge in [-0.25, -0.2) is 18.4 Å². The highest BCUT2D eigenvalue weighted by molar-refractivity contribution is 7.89. The van der Waals surface area contributed by atoms with Crippen LogP contribution in [0.4, 0.5) is 0 Å². The first-order valence-electron chi connectivity index (χ1n) is 13.9. The van der Waals surface area contributed by atoms with Gasteiger partial charge in [-0.15, -0.1) is 11.3 Å². The van der Waals surface area contributed by atoms with Crippen LogP contribution in [0.3, 0.4) is 0 Å². The second kappa shape index (κ2) is 11.6. The molecule has 0 saturated carbocycles. The fourth-order valence-electron chi connectivity index (χ4n) is 6.00. The Bertz CT molecular complexity index is 1440. The SMILES string of the molecule is Cc1ccsc1CN1CCC2(CC1)CCN(S(=O)(=O)c1ccc(CN(Cc3ncc[nH]3)Cc3ncc[nH]3)cc1)C2. The first-order chi connectivity index (χ1) is 19.4. The Morgan fingerprint density at radius 3 is 2.15 bits per heavy atom. The number of hydrogen-bond acceptors (Lipinski definition) is 7. The predicted molar refractivity (Wildman–Crippen MR) is 156 cm³/mol. The van der Waals surface area contributed by atoms with Crippen LogP contribution in [0.5, 0.6) is 0 Å². The lowest BCUT2D eigenvalue weighted by molar-refractivity contribution is 0.110. The van der Waals surface area contributed by atoms with E-state index in [0.717, 1.165) is 56.1 Å². The van der Waals surface area contributed by atoms with E-state index in [1.165, 1.54) is 10.4 Å². The highest BCUT2D eigenvalue weighted by Crippen LogP contribution is 2.42. The normalized spacial score (nSPS) is 18.2. The summed E-state index contributed by atoms with van der Waals surface area (Å²) in [6.07, 6.45) is 10.2. The zero-order chi connectivity index (χ0) is 27.6. The molecule has 11 heteroatoms. The van der Waals surface area contributed by atoms with Crippen molar-refractivity contribution in [3.8, 4) is 0 Å². The van der Waals surface area contributed by atoms with Crippen molar-refractivity contribution in [1.82, 2.24) is 34.0 Å². The van der Waals surface area contributed by atoms with Crippen LogP contribution in [0.25, 0.3) is 0 Å². The molecule has 212 valence electrons. The number of aromatic nitrogens is 4. The molecule has 1 spiro atoms. The molecule has 9 nitrogen and oxygen atoms in total. The third-order valence-electron chi connectivity index (χ3n) is 8.48.